The summed E-state index contributed by atoms with van der Waals surface area (Å²) in [6, 6.07) is 15.9. The van der Waals surface area contributed by atoms with Crippen LogP contribution in [0.2, 0.25) is 0 Å². The molecule has 0 aliphatic heterocycles. The number of thiazole rings is 1. The second kappa shape index (κ2) is 8.34. The van der Waals surface area contributed by atoms with Gasteiger partial charge in [0.1, 0.15) is 0 Å². The monoisotopic (exact) mass is 417 g/mol. The summed E-state index contributed by atoms with van der Waals surface area (Å²) in [5.41, 5.74) is 4.32. The van der Waals surface area contributed by atoms with Gasteiger partial charge in [-0.1, -0.05) is 18.2 Å². The van der Waals surface area contributed by atoms with Crippen molar-refractivity contribution in [2.75, 3.05) is 10.6 Å². The number of anilines is 2. The number of hydrogen-bond donors (Lipinski definition) is 2. The molecule has 150 valence electrons. The van der Waals surface area contributed by atoms with Crippen molar-refractivity contribution in [3.63, 3.8) is 0 Å². The van der Waals surface area contributed by atoms with E-state index in [0.717, 1.165) is 21.8 Å². The Kier molecular flexibility index (Phi) is 5.45. The van der Waals surface area contributed by atoms with Crippen LogP contribution >= 0.6 is 11.3 Å². The summed E-state index contributed by atoms with van der Waals surface area (Å²) >= 11 is 1.58. The van der Waals surface area contributed by atoms with Gasteiger partial charge < -0.3 is 15.1 Å². The Labute approximate surface area is 177 Å². The molecule has 30 heavy (non-hydrogen) atoms. The molecule has 0 saturated carbocycles. The van der Waals surface area contributed by atoms with Gasteiger partial charge in [0, 0.05) is 27.9 Å². The quantitative estimate of drug-likeness (QED) is 0.447. The first-order valence-corrected chi connectivity index (χ1v) is 10.2. The second-order valence-electron chi connectivity index (χ2n) is 6.75. The van der Waals surface area contributed by atoms with Crippen LogP contribution in [0.15, 0.2) is 70.7 Å². The van der Waals surface area contributed by atoms with E-state index >= 15 is 0 Å². The van der Waals surface area contributed by atoms with Crippen molar-refractivity contribution in [3.05, 3.63) is 88.1 Å². The summed E-state index contributed by atoms with van der Waals surface area (Å²) in [6.45, 7) is 3.82. The fraction of sp³-hybridized carbons (Fsp3) is 0.0870. The Bertz CT molecular complexity index is 1210. The Morgan fingerprint density at radius 3 is 2.57 bits per heavy atom. The number of amides is 2. The number of aromatic nitrogens is 1. The topological polar surface area (TPSA) is 84.2 Å². The highest BCUT2D eigenvalue weighted by Gasteiger charge is 2.13. The number of furan rings is 1. The van der Waals surface area contributed by atoms with Crippen molar-refractivity contribution < 1.29 is 14.0 Å². The van der Waals surface area contributed by atoms with Gasteiger partial charge in [0.05, 0.1) is 17.0 Å². The summed E-state index contributed by atoms with van der Waals surface area (Å²) in [5.74, 6) is -0.430. The minimum atomic E-state index is -0.369. The largest absolute Gasteiger partial charge is 0.459 e. The first-order valence-electron chi connectivity index (χ1n) is 9.29. The Morgan fingerprint density at radius 1 is 0.967 bits per heavy atom. The molecule has 4 rings (SSSR count). The van der Waals surface area contributed by atoms with Crippen molar-refractivity contribution in [2.45, 2.75) is 13.8 Å². The third-order valence-corrected chi connectivity index (χ3v) is 5.30. The van der Waals surface area contributed by atoms with Gasteiger partial charge in [0.25, 0.3) is 11.8 Å². The number of nitrogens with zero attached hydrogens (tertiary/aromatic N) is 1. The lowest BCUT2D eigenvalue weighted by atomic mass is 10.1. The number of nitrogens with one attached hydrogen (secondary N) is 2. The van der Waals surface area contributed by atoms with Crippen molar-refractivity contribution in [1.82, 2.24) is 4.98 Å². The second-order valence-corrected chi connectivity index (χ2v) is 7.81. The van der Waals surface area contributed by atoms with Crippen LogP contribution < -0.4 is 10.6 Å². The lowest BCUT2D eigenvalue weighted by Gasteiger charge is -2.11. The van der Waals surface area contributed by atoms with Crippen LogP contribution in [0.4, 0.5) is 11.4 Å². The van der Waals surface area contributed by atoms with Crippen LogP contribution in [0.25, 0.3) is 11.3 Å². The molecular weight excluding hydrogens is 398 g/mol. The minimum absolute atomic E-state index is 0.207. The third kappa shape index (κ3) is 4.31. The molecular formula is C23H19N3O3S. The van der Waals surface area contributed by atoms with Gasteiger partial charge in [0.15, 0.2) is 5.76 Å². The van der Waals surface area contributed by atoms with Crippen molar-refractivity contribution in [3.8, 4) is 11.3 Å². The number of carbonyl (C=O) groups excluding carboxylic acids is 2. The van der Waals surface area contributed by atoms with E-state index in [4.69, 9.17) is 4.42 Å². The highest BCUT2D eigenvalue weighted by Crippen LogP contribution is 2.25. The van der Waals surface area contributed by atoms with E-state index in [1.54, 1.807) is 41.7 Å². The zero-order valence-corrected chi connectivity index (χ0v) is 17.2. The van der Waals surface area contributed by atoms with Crippen LogP contribution in [0.1, 0.15) is 31.5 Å². The SMILES string of the molecule is Cc1nc(-c2cccc(NC(=O)c3ccc(C)c(NC(=O)c4ccco4)c3)c2)cs1. The van der Waals surface area contributed by atoms with E-state index in [0.29, 0.717) is 16.9 Å². The Morgan fingerprint density at radius 2 is 1.83 bits per heavy atom. The van der Waals surface area contributed by atoms with Crippen LogP contribution in [-0.4, -0.2) is 16.8 Å². The Balaban J connectivity index is 1.52. The average molecular weight is 417 g/mol. The standard InChI is InChI=1S/C23H19N3O3S/c1-14-8-9-17(12-19(14)26-23(28)21-7-4-10-29-21)22(27)25-18-6-3-5-16(11-18)20-13-30-15(2)24-20/h3-13H,1-2H3,(H,25,27)(H,26,28). The predicted octanol–water partition coefficient (Wildman–Crippen LogP) is 5.52. The summed E-state index contributed by atoms with van der Waals surface area (Å²) in [6.07, 6.45) is 1.44. The number of rotatable bonds is 5. The lowest BCUT2D eigenvalue weighted by Crippen LogP contribution is -2.15. The maximum atomic E-state index is 12.8. The first kappa shape index (κ1) is 19.6. The molecule has 0 atom stereocenters. The molecule has 2 heterocycles. The lowest BCUT2D eigenvalue weighted by molar-refractivity contribution is 0.0993. The minimum Gasteiger partial charge on any atom is -0.459 e. The number of carbonyl (C=O) groups is 2. The molecule has 4 aromatic rings. The van der Waals surface area contributed by atoms with Crippen LogP contribution in [0.3, 0.4) is 0 Å². The van der Waals surface area contributed by atoms with Gasteiger partial charge >= 0.3 is 0 Å². The number of benzene rings is 2. The molecule has 2 N–H and O–H groups in total. The van der Waals surface area contributed by atoms with Crippen molar-refractivity contribution in [2.24, 2.45) is 0 Å². The van der Waals surface area contributed by atoms with Crippen molar-refractivity contribution >= 4 is 34.5 Å². The molecule has 6 nitrogen and oxygen atoms in total. The van der Waals surface area contributed by atoms with Crippen LogP contribution in [0, 0.1) is 13.8 Å². The number of aryl methyl sites for hydroxylation is 2. The molecule has 0 unspecified atom stereocenters. The molecule has 2 aromatic heterocycles. The molecule has 0 saturated heterocycles. The molecule has 2 aromatic carbocycles. The highest BCUT2D eigenvalue weighted by atomic mass is 32.1. The van der Waals surface area contributed by atoms with E-state index in [1.165, 1.54) is 6.26 Å². The van der Waals surface area contributed by atoms with E-state index in [-0.39, 0.29) is 17.6 Å². The zero-order chi connectivity index (χ0) is 21.1. The fourth-order valence-electron chi connectivity index (χ4n) is 2.95. The van der Waals surface area contributed by atoms with Crippen molar-refractivity contribution in [1.29, 1.82) is 0 Å². The smallest absolute Gasteiger partial charge is 0.291 e. The molecule has 0 aliphatic carbocycles. The van der Waals surface area contributed by atoms with E-state index in [9.17, 15) is 9.59 Å². The van der Waals surface area contributed by atoms with Crippen LogP contribution in [-0.2, 0) is 0 Å². The molecule has 0 radical (unpaired) electrons. The van der Waals surface area contributed by atoms with Gasteiger partial charge in [-0.15, -0.1) is 11.3 Å². The van der Waals surface area contributed by atoms with Gasteiger partial charge in [-0.2, -0.15) is 0 Å². The molecule has 0 bridgehead atoms. The zero-order valence-electron chi connectivity index (χ0n) is 16.4. The molecule has 0 fully saturated rings. The average Bonchev–Trinajstić information content (AvgIpc) is 3.42. The molecule has 7 heteroatoms. The first-order chi connectivity index (χ1) is 14.5. The van der Waals surface area contributed by atoms with E-state index in [1.807, 2.05) is 43.5 Å². The maximum Gasteiger partial charge on any atom is 0.291 e. The summed E-state index contributed by atoms with van der Waals surface area (Å²) in [5, 5.41) is 8.67. The summed E-state index contributed by atoms with van der Waals surface area (Å²) in [4.78, 5) is 29.5. The Hall–Kier alpha value is -3.71. The van der Waals surface area contributed by atoms with Gasteiger partial charge in [-0.3, -0.25) is 9.59 Å². The summed E-state index contributed by atoms with van der Waals surface area (Å²) < 4.78 is 5.12. The van der Waals surface area contributed by atoms with E-state index < -0.39 is 0 Å². The fourth-order valence-corrected chi connectivity index (χ4v) is 3.57. The molecule has 0 spiro atoms. The molecule has 0 aliphatic rings. The predicted molar refractivity (Wildman–Crippen MR) is 118 cm³/mol. The third-order valence-electron chi connectivity index (χ3n) is 4.53. The number of hydrogen-bond acceptors (Lipinski definition) is 5. The highest BCUT2D eigenvalue weighted by molar-refractivity contribution is 7.09. The van der Waals surface area contributed by atoms with Gasteiger partial charge in [-0.25, -0.2) is 4.98 Å². The van der Waals surface area contributed by atoms with Gasteiger partial charge in [-0.05, 0) is 55.8 Å². The molecule has 2 amide bonds. The normalized spacial score (nSPS) is 10.6. The van der Waals surface area contributed by atoms with E-state index in [2.05, 4.69) is 15.6 Å². The summed E-state index contributed by atoms with van der Waals surface area (Å²) in [7, 11) is 0. The maximum absolute atomic E-state index is 12.8. The van der Waals surface area contributed by atoms with Gasteiger partial charge in [0.2, 0.25) is 0 Å². The van der Waals surface area contributed by atoms with Crippen LogP contribution in [0.5, 0.6) is 0 Å².